The number of hydrogen-bond donors (Lipinski definition) is 0. The van der Waals surface area contributed by atoms with Crippen LogP contribution in [0.4, 0.5) is 5.69 Å². The topological polar surface area (TPSA) is 73.6 Å². The SMILES string of the molecule is CC(C)N(C(=O)[C@@H](C)OC(=O)/C(C#N)=C/c1ccc(N(C)C)cc1)C(C)C. The fraction of sp³-hybridized carbons (Fsp3) is 0.476. The molecule has 0 bridgehead atoms. The first-order valence-electron chi connectivity index (χ1n) is 9.00. The third-order valence-electron chi connectivity index (χ3n) is 4.06. The maximum absolute atomic E-state index is 12.6. The predicted octanol–water partition coefficient (Wildman–Crippen LogP) is 3.24. The van der Waals surface area contributed by atoms with Gasteiger partial charge in [0.15, 0.2) is 6.10 Å². The van der Waals surface area contributed by atoms with Crippen LogP contribution in [0.2, 0.25) is 0 Å². The van der Waals surface area contributed by atoms with Gasteiger partial charge < -0.3 is 14.5 Å². The van der Waals surface area contributed by atoms with Gasteiger partial charge in [-0.05, 0) is 58.4 Å². The molecule has 0 saturated heterocycles. The molecule has 1 aromatic rings. The van der Waals surface area contributed by atoms with E-state index in [1.54, 1.807) is 4.90 Å². The summed E-state index contributed by atoms with van der Waals surface area (Å²) in [5, 5.41) is 9.32. The summed E-state index contributed by atoms with van der Waals surface area (Å²) in [6.45, 7) is 9.16. The lowest BCUT2D eigenvalue weighted by atomic mass is 10.1. The van der Waals surface area contributed by atoms with Crippen molar-refractivity contribution in [2.75, 3.05) is 19.0 Å². The van der Waals surface area contributed by atoms with E-state index >= 15 is 0 Å². The second-order valence-electron chi connectivity index (χ2n) is 7.14. The van der Waals surface area contributed by atoms with Gasteiger partial charge in [0.05, 0.1) is 0 Å². The molecule has 0 N–H and O–H groups in total. The monoisotopic (exact) mass is 371 g/mol. The van der Waals surface area contributed by atoms with Crippen LogP contribution in [-0.4, -0.2) is 49.1 Å². The van der Waals surface area contributed by atoms with Crippen molar-refractivity contribution in [2.45, 2.75) is 52.8 Å². The Labute approximate surface area is 162 Å². The Bertz CT molecular complexity index is 720. The van der Waals surface area contributed by atoms with Gasteiger partial charge in [0.2, 0.25) is 0 Å². The lowest BCUT2D eigenvalue weighted by Crippen LogP contribution is -2.47. The molecular weight excluding hydrogens is 342 g/mol. The number of carbonyl (C=O) groups excluding carboxylic acids is 2. The fourth-order valence-corrected chi connectivity index (χ4v) is 2.76. The first kappa shape index (κ1) is 22.2. The summed E-state index contributed by atoms with van der Waals surface area (Å²) in [4.78, 5) is 28.5. The Kier molecular flexibility index (Phi) is 8.04. The molecule has 0 fully saturated rings. The molecule has 6 nitrogen and oxygen atoms in total. The minimum atomic E-state index is -0.963. The summed E-state index contributed by atoms with van der Waals surface area (Å²) in [5.74, 6) is -1.08. The molecule has 1 amide bonds. The van der Waals surface area contributed by atoms with Gasteiger partial charge in [-0.3, -0.25) is 4.79 Å². The van der Waals surface area contributed by atoms with Crippen LogP contribution in [0.25, 0.3) is 6.08 Å². The summed E-state index contributed by atoms with van der Waals surface area (Å²) in [6, 6.07) is 9.24. The Morgan fingerprint density at radius 1 is 1.04 bits per heavy atom. The van der Waals surface area contributed by atoms with E-state index in [0.717, 1.165) is 5.69 Å². The smallest absolute Gasteiger partial charge is 0.349 e. The standard InChI is InChI=1S/C21H29N3O3/c1-14(2)24(15(3)4)20(25)16(5)27-21(26)18(13-22)12-17-8-10-19(11-9-17)23(6)7/h8-12,14-16H,1-7H3/b18-12+/t16-/m1/s1. The van der Waals surface area contributed by atoms with E-state index in [1.807, 2.05) is 77.0 Å². The number of benzene rings is 1. The lowest BCUT2D eigenvalue weighted by Gasteiger charge is -2.32. The zero-order chi connectivity index (χ0) is 20.7. The summed E-state index contributed by atoms with van der Waals surface area (Å²) in [6.07, 6.45) is 0.497. The molecule has 0 saturated carbocycles. The van der Waals surface area contributed by atoms with Crippen molar-refractivity contribution < 1.29 is 14.3 Å². The van der Waals surface area contributed by atoms with Crippen LogP contribution in [0.1, 0.15) is 40.2 Å². The third-order valence-corrected chi connectivity index (χ3v) is 4.06. The van der Waals surface area contributed by atoms with Crippen LogP contribution >= 0.6 is 0 Å². The molecule has 0 aromatic heterocycles. The van der Waals surface area contributed by atoms with Crippen molar-refractivity contribution in [3.63, 3.8) is 0 Å². The largest absolute Gasteiger partial charge is 0.448 e. The van der Waals surface area contributed by atoms with Gasteiger partial charge in [0.1, 0.15) is 11.6 Å². The number of nitriles is 1. The molecule has 1 rings (SSSR count). The van der Waals surface area contributed by atoms with Crippen molar-refractivity contribution >= 4 is 23.6 Å². The van der Waals surface area contributed by atoms with Crippen molar-refractivity contribution in [3.05, 3.63) is 35.4 Å². The van der Waals surface area contributed by atoms with Gasteiger partial charge in [-0.25, -0.2) is 4.79 Å². The average Bonchev–Trinajstić information content (AvgIpc) is 2.59. The molecule has 0 aliphatic heterocycles. The van der Waals surface area contributed by atoms with E-state index in [-0.39, 0.29) is 23.6 Å². The van der Waals surface area contributed by atoms with Crippen LogP contribution in [0.15, 0.2) is 29.8 Å². The van der Waals surface area contributed by atoms with Gasteiger partial charge >= 0.3 is 5.97 Å². The van der Waals surface area contributed by atoms with Gasteiger partial charge in [0, 0.05) is 31.9 Å². The Morgan fingerprint density at radius 2 is 1.56 bits per heavy atom. The van der Waals surface area contributed by atoms with Gasteiger partial charge in [-0.15, -0.1) is 0 Å². The van der Waals surface area contributed by atoms with Crippen molar-refractivity contribution in [1.82, 2.24) is 4.90 Å². The van der Waals surface area contributed by atoms with Gasteiger partial charge in [0.25, 0.3) is 5.91 Å². The number of rotatable bonds is 7. The number of nitrogens with zero attached hydrogens (tertiary/aromatic N) is 3. The normalized spacial score (nSPS) is 12.5. The first-order chi connectivity index (χ1) is 12.6. The number of hydrogen-bond acceptors (Lipinski definition) is 5. The molecule has 146 valence electrons. The van der Waals surface area contributed by atoms with E-state index in [2.05, 4.69) is 0 Å². The van der Waals surface area contributed by atoms with Crippen LogP contribution in [-0.2, 0) is 14.3 Å². The average molecular weight is 371 g/mol. The van der Waals surface area contributed by atoms with Crippen LogP contribution in [0, 0.1) is 11.3 Å². The number of ether oxygens (including phenoxy) is 1. The minimum Gasteiger partial charge on any atom is -0.448 e. The van der Waals surface area contributed by atoms with Gasteiger partial charge in [-0.1, -0.05) is 12.1 Å². The van der Waals surface area contributed by atoms with Gasteiger partial charge in [-0.2, -0.15) is 5.26 Å². The number of carbonyl (C=O) groups is 2. The molecule has 0 heterocycles. The quantitative estimate of drug-likeness (QED) is 0.418. The lowest BCUT2D eigenvalue weighted by molar-refractivity contribution is -0.157. The van der Waals surface area contributed by atoms with E-state index in [4.69, 9.17) is 4.74 Å². The molecule has 0 radical (unpaired) electrons. The molecular formula is C21H29N3O3. The maximum Gasteiger partial charge on any atom is 0.349 e. The summed E-state index contributed by atoms with van der Waals surface area (Å²) in [5.41, 5.74) is 1.57. The summed E-state index contributed by atoms with van der Waals surface area (Å²) >= 11 is 0. The molecule has 27 heavy (non-hydrogen) atoms. The molecule has 1 aromatic carbocycles. The summed E-state index contributed by atoms with van der Waals surface area (Å²) < 4.78 is 5.25. The van der Waals surface area contributed by atoms with E-state index in [1.165, 1.54) is 13.0 Å². The Balaban J connectivity index is 2.92. The first-order valence-corrected chi connectivity index (χ1v) is 9.00. The van der Waals surface area contributed by atoms with E-state index < -0.39 is 12.1 Å². The second kappa shape index (κ2) is 9.77. The van der Waals surface area contributed by atoms with E-state index in [0.29, 0.717) is 5.56 Å². The highest BCUT2D eigenvalue weighted by Crippen LogP contribution is 2.16. The van der Waals surface area contributed by atoms with Crippen LogP contribution in [0.5, 0.6) is 0 Å². The molecule has 1 atom stereocenters. The highest BCUT2D eigenvalue weighted by atomic mass is 16.5. The minimum absolute atomic E-state index is 0.0140. The highest BCUT2D eigenvalue weighted by Gasteiger charge is 2.28. The zero-order valence-electron chi connectivity index (χ0n) is 17.2. The van der Waals surface area contributed by atoms with Crippen LogP contribution in [0.3, 0.4) is 0 Å². The Morgan fingerprint density at radius 3 is 1.96 bits per heavy atom. The summed E-state index contributed by atoms with van der Waals surface area (Å²) in [7, 11) is 3.86. The van der Waals surface area contributed by atoms with Crippen LogP contribution < -0.4 is 4.90 Å². The maximum atomic E-state index is 12.6. The van der Waals surface area contributed by atoms with Crippen molar-refractivity contribution in [2.24, 2.45) is 0 Å². The Hall–Kier alpha value is -2.81. The number of anilines is 1. The van der Waals surface area contributed by atoms with Crippen molar-refractivity contribution in [1.29, 1.82) is 5.26 Å². The molecule has 6 heteroatoms. The highest BCUT2D eigenvalue weighted by molar-refractivity contribution is 5.99. The van der Waals surface area contributed by atoms with Crippen molar-refractivity contribution in [3.8, 4) is 6.07 Å². The second-order valence-corrected chi connectivity index (χ2v) is 7.14. The molecule has 0 spiro atoms. The number of amides is 1. The molecule has 0 unspecified atom stereocenters. The zero-order valence-corrected chi connectivity index (χ0v) is 17.2. The number of esters is 1. The fourth-order valence-electron chi connectivity index (χ4n) is 2.76. The van der Waals surface area contributed by atoms with E-state index in [9.17, 15) is 14.9 Å². The predicted molar refractivity (Wildman–Crippen MR) is 107 cm³/mol. The molecule has 0 aliphatic rings. The third kappa shape index (κ3) is 6.14. The molecule has 0 aliphatic carbocycles.